The number of hydrogen-bond donors (Lipinski definition) is 1. The van der Waals surface area contributed by atoms with Gasteiger partial charge in [-0.3, -0.25) is 4.79 Å². The summed E-state index contributed by atoms with van der Waals surface area (Å²) < 4.78 is 17.1. The van der Waals surface area contributed by atoms with Gasteiger partial charge >= 0.3 is 5.97 Å². The van der Waals surface area contributed by atoms with Gasteiger partial charge in [0.2, 0.25) is 6.79 Å². The average Bonchev–Trinajstić information content (AvgIpc) is 3.54. The molecule has 2 aliphatic heterocycles. The van der Waals surface area contributed by atoms with E-state index in [1.54, 1.807) is 12.1 Å². The molecule has 1 fully saturated rings. The first-order valence-electron chi connectivity index (χ1n) is 12.7. The Bertz CT molecular complexity index is 1340. The Morgan fingerprint density at radius 2 is 1.73 bits per heavy atom. The molecular weight excluding hydrogens is 513 g/mol. The number of hydrogen-bond acceptors (Lipinski definition) is 6. The fourth-order valence-electron chi connectivity index (χ4n) is 5.97. The Kier molecular flexibility index (Phi) is 6.41. The molecule has 192 valence electrons. The van der Waals surface area contributed by atoms with Crippen molar-refractivity contribution in [3.05, 3.63) is 80.1 Å². The Hall–Kier alpha value is -2.96. The lowest BCUT2D eigenvalue weighted by Gasteiger charge is -2.37. The lowest BCUT2D eigenvalue weighted by atomic mass is 9.71. The summed E-state index contributed by atoms with van der Waals surface area (Å²) in [7, 11) is 0. The molecule has 2 heterocycles. The van der Waals surface area contributed by atoms with Crippen molar-refractivity contribution in [2.75, 3.05) is 6.79 Å². The SMILES string of the molecule is CC1=C(C(=O)OC2CCCC2)[C@@H](c2cc3c(cc2Cl)OCO3)C2=C(C[C@@H](c3ccc(Cl)cc3)CC2=O)N1. The minimum Gasteiger partial charge on any atom is -0.459 e. The van der Waals surface area contributed by atoms with Crippen LogP contribution >= 0.6 is 23.2 Å². The van der Waals surface area contributed by atoms with Crippen LogP contribution < -0.4 is 14.8 Å². The zero-order valence-electron chi connectivity index (χ0n) is 20.4. The summed E-state index contributed by atoms with van der Waals surface area (Å²) in [6.45, 7) is 1.96. The number of ketones is 1. The van der Waals surface area contributed by atoms with E-state index in [1.807, 2.05) is 31.2 Å². The first-order valence-corrected chi connectivity index (χ1v) is 13.4. The van der Waals surface area contributed by atoms with Crippen molar-refractivity contribution in [1.82, 2.24) is 5.32 Å². The summed E-state index contributed by atoms with van der Waals surface area (Å²) >= 11 is 12.9. The number of Topliss-reactive ketones (excluding diaryl/α,β-unsaturated/α-hetero) is 1. The lowest BCUT2D eigenvalue weighted by molar-refractivity contribution is -0.144. The van der Waals surface area contributed by atoms with Gasteiger partial charge < -0.3 is 19.5 Å². The first-order chi connectivity index (χ1) is 17.9. The molecule has 2 aromatic rings. The highest BCUT2D eigenvalue weighted by atomic mass is 35.5. The van der Waals surface area contributed by atoms with Crippen molar-refractivity contribution < 1.29 is 23.8 Å². The highest BCUT2D eigenvalue weighted by molar-refractivity contribution is 6.32. The minimum atomic E-state index is -0.661. The van der Waals surface area contributed by atoms with Crippen molar-refractivity contribution in [2.24, 2.45) is 0 Å². The van der Waals surface area contributed by atoms with Crippen molar-refractivity contribution in [3.8, 4) is 11.5 Å². The van der Waals surface area contributed by atoms with Crippen molar-refractivity contribution in [2.45, 2.75) is 63.4 Å². The number of dihydropyridines is 1. The molecule has 0 spiro atoms. The monoisotopic (exact) mass is 539 g/mol. The van der Waals surface area contributed by atoms with Crippen LogP contribution in [-0.4, -0.2) is 24.6 Å². The minimum absolute atomic E-state index is 0.00341. The largest absolute Gasteiger partial charge is 0.459 e. The molecule has 37 heavy (non-hydrogen) atoms. The molecule has 0 saturated heterocycles. The molecule has 2 atom stereocenters. The third-order valence-corrected chi connectivity index (χ3v) is 8.35. The number of carbonyl (C=O) groups excluding carboxylic acids is 2. The van der Waals surface area contributed by atoms with Crippen LogP contribution in [0.3, 0.4) is 0 Å². The zero-order chi connectivity index (χ0) is 25.7. The summed E-state index contributed by atoms with van der Waals surface area (Å²) in [6.07, 6.45) is 4.66. The predicted molar refractivity (Wildman–Crippen MR) is 140 cm³/mol. The molecule has 4 aliphatic rings. The standard InChI is InChI=1S/C29H27Cl2NO5/c1-15-26(29(34)37-19-4-2-3-5-19)27(20-12-24-25(13-21(20)31)36-14-35-24)28-22(32-15)10-17(11-23(28)33)16-6-8-18(30)9-7-16/h6-9,12-13,17,19,27,32H,2-5,10-11,14H2,1H3/t17-,27-/m1/s1. The normalized spacial score (nSPS) is 23.3. The maximum atomic E-state index is 13.8. The van der Waals surface area contributed by atoms with Crippen LogP contribution in [0.2, 0.25) is 10.0 Å². The van der Waals surface area contributed by atoms with Crippen molar-refractivity contribution >= 4 is 35.0 Å². The molecule has 6 rings (SSSR count). The van der Waals surface area contributed by atoms with Gasteiger partial charge in [0.25, 0.3) is 0 Å². The van der Waals surface area contributed by atoms with Gasteiger partial charge in [-0.15, -0.1) is 0 Å². The van der Waals surface area contributed by atoms with Gasteiger partial charge in [0.15, 0.2) is 17.3 Å². The smallest absolute Gasteiger partial charge is 0.337 e. The molecular formula is C29H27Cl2NO5. The highest BCUT2D eigenvalue weighted by Crippen LogP contribution is 2.50. The van der Waals surface area contributed by atoms with Crippen molar-refractivity contribution in [3.63, 3.8) is 0 Å². The molecule has 0 amide bonds. The van der Waals surface area contributed by atoms with E-state index in [2.05, 4.69) is 5.32 Å². The predicted octanol–water partition coefficient (Wildman–Crippen LogP) is 6.57. The van der Waals surface area contributed by atoms with Crippen LogP contribution in [0.15, 0.2) is 58.9 Å². The van der Waals surface area contributed by atoms with Gasteiger partial charge in [0, 0.05) is 45.4 Å². The van der Waals surface area contributed by atoms with Gasteiger partial charge in [-0.25, -0.2) is 4.79 Å². The van der Waals surface area contributed by atoms with Crippen LogP contribution in [0.1, 0.15) is 68.4 Å². The molecule has 0 unspecified atom stereocenters. The quantitative estimate of drug-likeness (QED) is 0.443. The first kappa shape index (κ1) is 24.4. The zero-order valence-corrected chi connectivity index (χ0v) is 22.0. The van der Waals surface area contributed by atoms with E-state index in [1.165, 1.54) is 0 Å². The van der Waals surface area contributed by atoms with E-state index in [0.29, 0.717) is 56.8 Å². The van der Waals surface area contributed by atoms with E-state index in [-0.39, 0.29) is 24.6 Å². The number of nitrogens with one attached hydrogen (secondary N) is 1. The Labute approximate surface area is 225 Å². The number of carbonyl (C=O) groups is 2. The fraction of sp³-hybridized carbons (Fsp3) is 0.379. The number of benzene rings is 2. The van der Waals surface area contributed by atoms with E-state index in [9.17, 15) is 9.59 Å². The number of rotatable bonds is 4. The number of ether oxygens (including phenoxy) is 3. The summed E-state index contributed by atoms with van der Waals surface area (Å²) in [6, 6.07) is 11.1. The summed E-state index contributed by atoms with van der Waals surface area (Å²) in [4.78, 5) is 27.5. The maximum absolute atomic E-state index is 13.8. The van der Waals surface area contributed by atoms with E-state index in [0.717, 1.165) is 36.9 Å². The van der Waals surface area contributed by atoms with Crippen LogP contribution in [0, 0.1) is 0 Å². The van der Waals surface area contributed by atoms with Gasteiger partial charge in [-0.05, 0) is 74.3 Å². The molecule has 1 N–H and O–H groups in total. The van der Waals surface area contributed by atoms with Crippen molar-refractivity contribution in [1.29, 1.82) is 0 Å². The molecule has 8 heteroatoms. The second-order valence-electron chi connectivity index (χ2n) is 10.1. The third-order valence-electron chi connectivity index (χ3n) is 7.77. The molecule has 1 saturated carbocycles. The number of allylic oxidation sites excluding steroid dienone is 3. The highest BCUT2D eigenvalue weighted by Gasteiger charge is 2.43. The topological polar surface area (TPSA) is 73.9 Å². The molecule has 0 radical (unpaired) electrons. The molecule has 2 aromatic carbocycles. The molecule has 0 bridgehead atoms. The van der Waals surface area contributed by atoms with Crippen LogP contribution in [0.5, 0.6) is 11.5 Å². The second-order valence-corrected chi connectivity index (χ2v) is 11.0. The summed E-state index contributed by atoms with van der Waals surface area (Å²) in [5.74, 6) is 0.00408. The second kappa shape index (κ2) is 9.73. The third kappa shape index (κ3) is 4.51. The molecule has 0 aromatic heterocycles. The summed E-state index contributed by atoms with van der Waals surface area (Å²) in [5, 5.41) is 4.47. The van der Waals surface area contributed by atoms with E-state index >= 15 is 0 Å². The number of fused-ring (bicyclic) bond motifs is 1. The fourth-order valence-corrected chi connectivity index (χ4v) is 6.36. The van der Waals surface area contributed by atoms with E-state index in [4.69, 9.17) is 37.4 Å². The van der Waals surface area contributed by atoms with Gasteiger partial charge in [0.1, 0.15) is 6.10 Å². The maximum Gasteiger partial charge on any atom is 0.337 e. The Morgan fingerprint density at radius 3 is 2.46 bits per heavy atom. The van der Waals surface area contributed by atoms with Gasteiger partial charge in [-0.2, -0.15) is 0 Å². The number of halogens is 2. The summed E-state index contributed by atoms with van der Waals surface area (Å²) in [5.41, 5.74) is 4.15. The lowest BCUT2D eigenvalue weighted by Crippen LogP contribution is -2.36. The van der Waals surface area contributed by atoms with E-state index < -0.39 is 11.9 Å². The van der Waals surface area contributed by atoms with Gasteiger partial charge in [-0.1, -0.05) is 35.3 Å². The number of esters is 1. The Morgan fingerprint density at radius 1 is 1.03 bits per heavy atom. The molecule has 2 aliphatic carbocycles. The Balaban J connectivity index is 1.43. The van der Waals surface area contributed by atoms with Crippen LogP contribution in [0.4, 0.5) is 0 Å². The van der Waals surface area contributed by atoms with Crippen LogP contribution in [-0.2, 0) is 14.3 Å². The average molecular weight is 540 g/mol. The van der Waals surface area contributed by atoms with Crippen LogP contribution in [0.25, 0.3) is 0 Å². The van der Waals surface area contributed by atoms with Gasteiger partial charge in [0.05, 0.1) is 5.57 Å². The molecule has 6 nitrogen and oxygen atoms in total.